The Kier molecular flexibility index (Phi) is 5.02. The highest BCUT2D eigenvalue weighted by Gasteiger charge is 2.10. The van der Waals surface area contributed by atoms with Gasteiger partial charge in [0.05, 0.1) is 0 Å². The smallest absolute Gasteiger partial charge is 0.124 e. The van der Waals surface area contributed by atoms with Crippen LogP contribution in [-0.2, 0) is 6.61 Å². The molecular formula is C15H14BrClFNO. The first-order valence-corrected chi connectivity index (χ1v) is 7.26. The van der Waals surface area contributed by atoms with Crippen molar-refractivity contribution in [2.75, 3.05) is 0 Å². The summed E-state index contributed by atoms with van der Waals surface area (Å²) in [4.78, 5) is 0. The summed E-state index contributed by atoms with van der Waals surface area (Å²) in [6, 6.07) is 9.59. The number of rotatable bonds is 4. The fourth-order valence-corrected chi connectivity index (χ4v) is 2.53. The van der Waals surface area contributed by atoms with E-state index in [9.17, 15) is 4.39 Å². The molecule has 20 heavy (non-hydrogen) atoms. The van der Waals surface area contributed by atoms with Gasteiger partial charge in [-0.3, -0.25) is 0 Å². The van der Waals surface area contributed by atoms with Crippen LogP contribution in [0.4, 0.5) is 4.39 Å². The van der Waals surface area contributed by atoms with E-state index in [-0.39, 0.29) is 11.9 Å². The minimum atomic E-state index is -0.327. The highest BCUT2D eigenvalue weighted by Crippen LogP contribution is 2.27. The third-order valence-corrected chi connectivity index (χ3v) is 3.71. The van der Waals surface area contributed by atoms with Crippen molar-refractivity contribution in [1.29, 1.82) is 0 Å². The molecule has 5 heteroatoms. The number of hydrogen-bond donors (Lipinski definition) is 1. The highest BCUT2D eigenvalue weighted by molar-refractivity contribution is 9.10. The molecule has 2 N–H and O–H groups in total. The summed E-state index contributed by atoms with van der Waals surface area (Å²) < 4.78 is 19.9. The maximum Gasteiger partial charge on any atom is 0.124 e. The van der Waals surface area contributed by atoms with E-state index in [2.05, 4.69) is 15.9 Å². The highest BCUT2D eigenvalue weighted by atomic mass is 79.9. The summed E-state index contributed by atoms with van der Waals surface area (Å²) in [5.41, 5.74) is 7.32. The fraction of sp³-hybridized carbons (Fsp3) is 0.200. The van der Waals surface area contributed by atoms with Gasteiger partial charge in [0.1, 0.15) is 18.2 Å². The van der Waals surface area contributed by atoms with Crippen molar-refractivity contribution in [3.63, 3.8) is 0 Å². The van der Waals surface area contributed by atoms with Crippen molar-refractivity contribution in [1.82, 2.24) is 0 Å². The minimum absolute atomic E-state index is 0.303. The number of hydrogen-bond acceptors (Lipinski definition) is 2. The lowest BCUT2D eigenvalue weighted by Crippen LogP contribution is -2.08. The Morgan fingerprint density at radius 3 is 2.70 bits per heavy atom. The Morgan fingerprint density at radius 2 is 2.05 bits per heavy atom. The molecule has 0 fully saturated rings. The van der Waals surface area contributed by atoms with Gasteiger partial charge < -0.3 is 10.5 Å². The van der Waals surface area contributed by atoms with Crippen LogP contribution >= 0.6 is 27.5 Å². The normalized spacial score (nSPS) is 12.2. The topological polar surface area (TPSA) is 35.2 Å². The summed E-state index contributed by atoms with van der Waals surface area (Å²) in [6.45, 7) is 2.09. The maximum atomic E-state index is 13.2. The zero-order chi connectivity index (χ0) is 14.7. The summed E-state index contributed by atoms with van der Waals surface area (Å²) in [7, 11) is 0. The van der Waals surface area contributed by atoms with Gasteiger partial charge in [0.25, 0.3) is 0 Å². The molecule has 0 aliphatic heterocycles. The van der Waals surface area contributed by atoms with Crippen LogP contribution in [-0.4, -0.2) is 0 Å². The van der Waals surface area contributed by atoms with E-state index in [0.29, 0.717) is 22.9 Å². The number of ether oxygens (including phenoxy) is 1. The second-order valence-electron chi connectivity index (χ2n) is 4.50. The second kappa shape index (κ2) is 6.57. The van der Waals surface area contributed by atoms with Gasteiger partial charge in [-0.2, -0.15) is 0 Å². The number of halogens is 3. The van der Waals surface area contributed by atoms with Gasteiger partial charge in [0.2, 0.25) is 0 Å². The van der Waals surface area contributed by atoms with Crippen LogP contribution in [0, 0.1) is 5.82 Å². The van der Waals surface area contributed by atoms with Gasteiger partial charge in [0, 0.05) is 26.7 Å². The molecule has 0 aliphatic carbocycles. The van der Waals surface area contributed by atoms with Crippen LogP contribution < -0.4 is 10.5 Å². The molecule has 0 spiro atoms. The average molecular weight is 359 g/mol. The molecule has 2 aromatic carbocycles. The van der Waals surface area contributed by atoms with Gasteiger partial charge in [0.15, 0.2) is 0 Å². The molecule has 0 saturated carbocycles. The third kappa shape index (κ3) is 3.72. The zero-order valence-electron chi connectivity index (χ0n) is 10.9. The molecule has 0 radical (unpaired) electrons. The van der Waals surface area contributed by atoms with Crippen molar-refractivity contribution >= 4 is 27.5 Å². The monoisotopic (exact) mass is 357 g/mol. The minimum Gasteiger partial charge on any atom is -0.489 e. The van der Waals surface area contributed by atoms with Crippen LogP contribution in [0.2, 0.25) is 5.02 Å². The van der Waals surface area contributed by atoms with Crippen LogP contribution in [0.5, 0.6) is 5.75 Å². The molecule has 0 unspecified atom stereocenters. The summed E-state index contributed by atoms with van der Waals surface area (Å²) in [5.74, 6) is 0.242. The first kappa shape index (κ1) is 15.3. The molecule has 0 amide bonds. The van der Waals surface area contributed by atoms with E-state index in [1.165, 1.54) is 12.1 Å². The van der Waals surface area contributed by atoms with Gasteiger partial charge in [-0.05, 0) is 37.3 Å². The standard InChI is InChI=1S/C15H14BrClFNO/c1-9(19)13-7-12(18)4-5-15(13)20-8-10-2-3-11(16)6-14(10)17/h2-7,9H,8,19H2,1H3/t9-/m0/s1. The largest absolute Gasteiger partial charge is 0.489 e. The molecule has 2 aromatic rings. The summed E-state index contributed by atoms with van der Waals surface area (Å²) >= 11 is 9.48. The van der Waals surface area contributed by atoms with Crippen molar-refractivity contribution in [2.24, 2.45) is 5.73 Å². The summed E-state index contributed by atoms with van der Waals surface area (Å²) in [5, 5.41) is 0.615. The molecular weight excluding hydrogens is 345 g/mol. The SMILES string of the molecule is C[C@H](N)c1cc(F)ccc1OCc1ccc(Br)cc1Cl. The molecule has 0 saturated heterocycles. The van der Waals surface area contributed by atoms with Crippen molar-refractivity contribution in [3.8, 4) is 5.75 Å². The lowest BCUT2D eigenvalue weighted by Gasteiger charge is -2.14. The Bertz CT molecular complexity index is 619. The molecule has 2 rings (SSSR count). The molecule has 0 aromatic heterocycles. The van der Waals surface area contributed by atoms with Gasteiger partial charge in [-0.25, -0.2) is 4.39 Å². The molecule has 2 nitrogen and oxygen atoms in total. The summed E-state index contributed by atoms with van der Waals surface area (Å²) in [6.07, 6.45) is 0. The van der Waals surface area contributed by atoms with Crippen molar-refractivity contribution < 1.29 is 9.13 Å². The van der Waals surface area contributed by atoms with Crippen LogP contribution in [0.1, 0.15) is 24.1 Å². The van der Waals surface area contributed by atoms with Crippen molar-refractivity contribution in [2.45, 2.75) is 19.6 Å². The molecule has 106 valence electrons. The second-order valence-corrected chi connectivity index (χ2v) is 5.82. The van der Waals surface area contributed by atoms with Gasteiger partial charge in [-0.15, -0.1) is 0 Å². The van der Waals surface area contributed by atoms with E-state index in [0.717, 1.165) is 10.0 Å². The van der Waals surface area contributed by atoms with Crippen molar-refractivity contribution in [3.05, 3.63) is 62.8 Å². The Hall–Kier alpha value is -1.10. The van der Waals surface area contributed by atoms with Crippen LogP contribution in [0.25, 0.3) is 0 Å². The first-order chi connectivity index (χ1) is 9.47. The Balaban J connectivity index is 2.18. The lowest BCUT2D eigenvalue weighted by molar-refractivity contribution is 0.301. The molecule has 0 bridgehead atoms. The molecule has 0 aliphatic rings. The van der Waals surface area contributed by atoms with E-state index in [1.54, 1.807) is 19.1 Å². The van der Waals surface area contributed by atoms with E-state index in [4.69, 9.17) is 22.1 Å². The predicted octanol–water partition coefficient (Wildman–Crippen LogP) is 4.84. The molecule has 0 heterocycles. The van der Waals surface area contributed by atoms with Gasteiger partial charge in [-0.1, -0.05) is 33.6 Å². The van der Waals surface area contributed by atoms with Gasteiger partial charge >= 0.3 is 0 Å². The Labute approximate surface area is 130 Å². The Morgan fingerprint density at radius 1 is 1.30 bits per heavy atom. The average Bonchev–Trinajstić information content (AvgIpc) is 2.38. The lowest BCUT2D eigenvalue weighted by atomic mass is 10.1. The maximum absolute atomic E-state index is 13.2. The predicted molar refractivity (Wildman–Crippen MR) is 82.5 cm³/mol. The number of nitrogens with two attached hydrogens (primary N) is 1. The quantitative estimate of drug-likeness (QED) is 0.848. The van der Waals surface area contributed by atoms with Crippen LogP contribution in [0.3, 0.4) is 0 Å². The molecule has 1 atom stereocenters. The van der Waals surface area contributed by atoms with E-state index in [1.807, 2.05) is 12.1 Å². The zero-order valence-corrected chi connectivity index (χ0v) is 13.2. The number of benzene rings is 2. The third-order valence-electron chi connectivity index (χ3n) is 2.86. The van der Waals surface area contributed by atoms with E-state index < -0.39 is 0 Å². The first-order valence-electron chi connectivity index (χ1n) is 6.09. The fourth-order valence-electron chi connectivity index (χ4n) is 1.80. The van der Waals surface area contributed by atoms with E-state index >= 15 is 0 Å². The van der Waals surface area contributed by atoms with Crippen LogP contribution in [0.15, 0.2) is 40.9 Å².